The highest BCUT2D eigenvalue weighted by atomic mass is 31.2. The van der Waals surface area contributed by atoms with E-state index in [1.807, 2.05) is 18.2 Å². The highest BCUT2D eigenvalue weighted by molar-refractivity contribution is 7.47. The second kappa shape index (κ2) is 38.5. The average molecular weight is 911 g/mol. The van der Waals surface area contributed by atoms with Crippen LogP contribution in [0.1, 0.15) is 168 Å². The predicted octanol–water partition coefficient (Wildman–Crippen LogP) is 9.50. The topological polar surface area (TPSA) is 210 Å². The van der Waals surface area contributed by atoms with Gasteiger partial charge in [-0.2, -0.15) is 0 Å². The van der Waals surface area contributed by atoms with Gasteiger partial charge in [-0.25, -0.2) is 4.57 Å². The molecule has 0 spiro atoms. The average Bonchev–Trinajstić information content (AvgIpc) is 3.26. The van der Waals surface area contributed by atoms with Crippen LogP contribution < -0.4 is 0 Å². The van der Waals surface area contributed by atoms with Gasteiger partial charge in [0.2, 0.25) is 0 Å². The molecule has 0 aromatic rings. The van der Waals surface area contributed by atoms with Crippen LogP contribution >= 0.6 is 7.82 Å². The van der Waals surface area contributed by atoms with Crippen molar-refractivity contribution in [1.29, 1.82) is 0 Å². The molecule has 63 heavy (non-hydrogen) atoms. The predicted molar refractivity (Wildman–Crippen MR) is 249 cm³/mol. The van der Waals surface area contributed by atoms with Crippen molar-refractivity contribution >= 4 is 19.8 Å². The molecule has 0 aromatic carbocycles. The van der Waals surface area contributed by atoms with Crippen molar-refractivity contribution in [3.63, 3.8) is 0 Å². The molecule has 8 atom stereocenters. The third kappa shape index (κ3) is 31.0. The third-order valence-electron chi connectivity index (χ3n) is 10.5. The molecule has 1 fully saturated rings. The van der Waals surface area contributed by atoms with E-state index in [-0.39, 0.29) is 12.8 Å². The standard InChI is InChI=1S/C49H83O13P/c1-3-5-7-9-11-13-15-17-19-20-21-22-24-26-28-30-32-34-36-38-43(51)61-41(40-60-63(57,58)62-49-47(55)45(53)44(52)46(54)48(49)56)39-59-42(50)37-35-33-31-29-27-25-23-18-16-14-12-10-8-6-4-2/h11,13,17,19,21-22,26-29,32,34,41,44-49,52-56H,3-10,12,14-16,18,20,23-25,30-31,33,35-40H2,1-2H3,(H,57,58)/b13-11+,19-17+,22-21+,28-26+,29-27+,34-32+/t41-,44?,45-,46?,47?,48?,49?/m1/s1. The minimum absolute atomic E-state index is 0.0337. The summed E-state index contributed by atoms with van der Waals surface area (Å²) in [5.74, 6) is -1.23. The van der Waals surface area contributed by atoms with Gasteiger partial charge in [0, 0.05) is 12.8 Å². The lowest BCUT2D eigenvalue weighted by Crippen LogP contribution is -2.64. The van der Waals surface area contributed by atoms with Crippen LogP contribution in [0.4, 0.5) is 0 Å². The zero-order valence-corrected chi connectivity index (χ0v) is 39.2. The Morgan fingerprint density at radius 2 is 0.889 bits per heavy atom. The van der Waals surface area contributed by atoms with Crippen molar-refractivity contribution in [2.24, 2.45) is 0 Å². The van der Waals surface area contributed by atoms with Gasteiger partial charge in [0.25, 0.3) is 0 Å². The molecule has 1 aliphatic carbocycles. The molecule has 1 saturated carbocycles. The number of unbranched alkanes of at least 4 members (excludes halogenated alkanes) is 14. The van der Waals surface area contributed by atoms with Gasteiger partial charge < -0.3 is 39.9 Å². The molecule has 0 aromatic heterocycles. The number of hydrogen-bond acceptors (Lipinski definition) is 12. The summed E-state index contributed by atoms with van der Waals surface area (Å²) in [6, 6.07) is 0. The van der Waals surface area contributed by atoms with Gasteiger partial charge in [0.15, 0.2) is 6.10 Å². The zero-order valence-electron chi connectivity index (χ0n) is 38.3. The Morgan fingerprint density at radius 1 is 0.492 bits per heavy atom. The summed E-state index contributed by atoms with van der Waals surface area (Å²) >= 11 is 0. The molecule has 1 rings (SSSR count). The van der Waals surface area contributed by atoms with Crippen LogP contribution in [0, 0.1) is 0 Å². The zero-order chi connectivity index (χ0) is 46.4. The van der Waals surface area contributed by atoms with E-state index in [2.05, 4.69) is 68.5 Å². The molecule has 0 saturated heterocycles. The van der Waals surface area contributed by atoms with Crippen molar-refractivity contribution in [2.45, 2.75) is 211 Å². The van der Waals surface area contributed by atoms with Gasteiger partial charge >= 0.3 is 19.8 Å². The highest BCUT2D eigenvalue weighted by Crippen LogP contribution is 2.47. The minimum atomic E-state index is -5.15. The molecule has 6 N–H and O–H groups in total. The Labute approximate surface area is 378 Å². The van der Waals surface area contributed by atoms with Crippen molar-refractivity contribution in [1.82, 2.24) is 0 Å². The number of phosphoric ester groups is 1. The van der Waals surface area contributed by atoms with Crippen molar-refractivity contribution in [3.8, 4) is 0 Å². The maximum atomic E-state index is 12.8. The van der Waals surface area contributed by atoms with Crippen molar-refractivity contribution < 1.29 is 63.1 Å². The minimum Gasteiger partial charge on any atom is -0.462 e. The second-order valence-corrected chi connectivity index (χ2v) is 17.7. The number of rotatable bonds is 38. The summed E-state index contributed by atoms with van der Waals surface area (Å²) in [5.41, 5.74) is 0. The van der Waals surface area contributed by atoms with Gasteiger partial charge in [0.05, 0.1) is 6.61 Å². The molecule has 362 valence electrons. The maximum absolute atomic E-state index is 12.8. The first-order valence-electron chi connectivity index (χ1n) is 23.7. The number of carbonyl (C=O) groups is 2. The first-order valence-corrected chi connectivity index (χ1v) is 25.2. The van der Waals surface area contributed by atoms with Crippen LogP contribution in [0.3, 0.4) is 0 Å². The number of aliphatic hydroxyl groups excluding tert-OH is 5. The lowest BCUT2D eigenvalue weighted by atomic mass is 9.85. The first-order chi connectivity index (χ1) is 30.4. The third-order valence-corrected chi connectivity index (χ3v) is 11.5. The highest BCUT2D eigenvalue weighted by Gasteiger charge is 2.51. The smallest absolute Gasteiger partial charge is 0.462 e. The second-order valence-electron chi connectivity index (χ2n) is 16.3. The largest absolute Gasteiger partial charge is 0.472 e. The maximum Gasteiger partial charge on any atom is 0.472 e. The molecule has 0 radical (unpaired) electrons. The number of esters is 2. The van der Waals surface area contributed by atoms with Crippen molar-refractivity contribution in [3.05, 3.63) is 72.9 Å². The van der Waals surface area contributed by atoms with Gasteiger partial charge in [-0.15, -0.1) is 0 Å². The van der Waals surface area contributed by atoms with Crippen LogP contribution in [0.25, 0.3) is 0 Å². The monoisotopic (exact) mass is 911 g/mol. The quantitative estimate of drug-likeness (QED) is 0.0148. The first kappa shape index (κ1) is 58.3. The lowest BCUT2D eigenvalue weighted by Gasteiger charge is -2.41. The molecule has 13 nitrogen and oxygen atoms in total. The van der Waals surface area contributed by atoms with Gasteiger partial charge in [-0.05, 0) is 77.0 Å². The van der Waals surface area contributed by atoms with Crippen LogP contribution in [-0.4, -0.2) is 98.3 Å². The molecule has 0 bridgehead atoms. The molecule has 1 aliphatic rings. The fourth-order valence-electron chi connectivity index (χ4n) is 6.68. The Bertz CT molecular complexity index is 1380. The Morgan fingerprint density at radius 3 is 1.41 bits per heavy atom. The lowest BCUT2D eigenvalue weighted by molar-refractivity contribution is -0.220. The summed E-state index contributed by atoms with van der Waals surface area (Å²) in [5, 5.41) is 50.1. The van der Waals surface area contributed by atoms with E-state index in [0.29, 0.717) is 19.3 Å². The fraction of sp³-hybridized carbons (Fsp3) is 0.714. The Kier molecular flexibility index (Phi) is 35.7. The summed E-state index contributed by atoms with van der Waals surface area (Å²) in [7, 11) is -5.15. The summed E-state index contributed by atoms with van der Waals surface area (Å²) in [4.78, 5) is 35.7. The van der Waals surface area contributed by atoms with Crippen LogP contribution in [0.15, 0.2) is 72.9 Å². The fourth-order valence-corrected chi connectivity index (χ4v) is 7.65. The number of aliphatic hydroxyl groups is 5. The van der Waals surface area contributed by atoms with Gasteiger partial charge in [-0.3, -0.25) is 18.6 Å². The van der Waals surface area contributed by atoms with Crippen molar-refractivity contribution in [2.75, 3.05) is 13.2 Å². The van der Waals surface area contributed by atoms with Gasteiger partial charge in [-0.1, -0.05) is 151 Å². The number of carbonyl (C=O) groups excluding carboxylic acids is 2. The molecule has 0 amide bonds. The number of allylic oxidation sites excluding steroid dienone is 12. The number of phosphoric acid groups is 1. The summed E-state index contributed by atoms with van der Waals surface area (Å²) in [6.45, 7) is 3.19. The molecule has 0 aliphatic heterocycles. The van der Waals surface area contributed by atoms with E-state index < -0.39 is 75.7 Å². The Hall–Kier alpha value is -2.71. The molecule has 0 heterocycles. The van der Waals surface area contributed by atoms with Crippen LogP contribution in [0.2, 0.25) is 0 Å². The number of hydrogen-bond donors (Lipinski definition) is 6. The summed E-state index contributed by atoms with van der Waals surface area (Å²) in [6.07, 6.45) is 35.4. The number of ether oxygens (including phenoxy) is 2. The van der Waals surface area contributed by atoms with E-state index in [1.165, 1.54) is 77.0 Å². The molecule has 6 unspecified atom stereocenters. The van der Waals surface area contributed by atoms with Gasteiger partial charge in [0.1, 0.15) is 43.2 Å². The molecular formula is C49H83O13P. The van der Waals surface area contributed by atoms with Crippen LogP contribution in [-0.2, 0) is 32.7 Å². The van der Waals surface area contributed by atoms with E-state index in [1.54, 1.807) is 0 Å². The van der Waals surface area contributed by atoms with E-state index in [0.717, 1.165) is 44.9 Å². The van der Waals surface area contributed by atoms with Crippen LogP contribution in [0.5, 0.6) is 0 Å². The van der Waals surface area contributed by atoms with E-state index in [4.69, 9.17) is 18.5 Å². The Balaban J connectivity index is 2.53. The molecular weight excluding hydrogens is 828 g/mol. The molecule has 14 heteroatoms. The van der Waals surface area contributed by atoms with E-state index in [9.17, 15) is 44.6 Å². The normalized spacial score (nSPS) is 22.3. The SMILES string of the molecule is CCCCC/C=C/C/C=C/C/C=C/C/C=C/C/C=C/CCC(=O)O[C@H](COC(=O)CCCC/C=C/CCCCCCCCCCC)COP(=O)(O)OC1C(O)C(O)C(O)[C@@H](O)C1O. The summed E-state index contributed by atoms with van der Waals surface area (Å²) < 4.78 is 33.4. The van der Waals surface area contributed by atoms with E-state index >= 15 is 0 Å².